The van der Waals surface area contributed by atoms with E-state index in [0.29, 0.717) is 6.54 Å². The molecular weight excluding hydrogens is 164 g/mol. The summed E-state index contributed by atoms with van der Waals surface area (Å²) in [4.78, 5) is 3.95. The zero-order valence-electron chi connectivity index (χ0n) is 7.07. The van der Waals surface area contributed by atoms with Crippen molar-refractivity contribution in [2.75, 3.05) is 0 Å². The van der Waals surface area contributed by atoms with Crippen molar-refractivity contribution in [2.24, 2.45) is 5.73 Å². The summed E-state index contributed by atoms with van der Waals surface area (Å²) >= 11 is 0. The molecule has 2 aromatic rings. The first-order chi connectivity index (χ1) is 6.33. The molecular formula is C10H10N2O. The van der Waals surface area contributed by atoms with Crippen LogP contribution < -0.4 is 5.73 Å². The lowest BCUT2D eigenvalue weighted by molar-refractivity contribution is 0.481. The molecule has 0 aliphatic heterocycles. The fourth-order valence-corrected chi connectivity index (χ4v) is 1.42. The van der Waals surface area contributed by atoms with Gasteiger partial charge >= 0.3 is 0 Å². The largest absolute Gasteiger partial charge is 0.507 e. The number of fused-ring (bicyclic) bond motifs is 1. The second-order valence-electron chi connectivity index (χ2n) is 2.87. The van der Waals surface area contributed by atoms with Crippen molar-refractivity contribution in [1.29, 1.82) is 0 Å². The van der Waals surface area contributed by atoms with Gasteiger partial charge < -0.3 is 10.8 Å². The molecule has 1 aromatic heterocycles. The van der Waals surface area contributed by atoms with Crippen molar-refractivity contribution in [3.8, 4) is 5.75 Å². The minimum Gasteiger partial charge on any atom is -0.507 e. The van der Waals surface area contributed by atoms with E-state index in [2.05, 4.69) is 4.98 Å². The van der Waals surface area contributed by atoms with E-state index >= 15 is 0 Å². The van der Waals surface area contributed by atoms with E-state index in [1.807, 2.05) is 12.1 Å². The predicted molar refractivity (Wildman–Crippen MR) is 51.3 cm³/mol. The average Bonchev–Trinajstić information content (AvgIpc) is 2.19. The molecule has 1 aromatic carbocycles. The molecule has 3 nitrogen and oxygen atoms in total. The predicted octanol–water partition coefficient (Wildman–Crippen LogP) is 1.40. The van der Waals surface area contributed by atoms with Crippen molar-refractivity contribution < 1.29 is 5.11 Å². The van der Waals surface area contributed by atoms with Crippen LogP contribution in [-0.4, -0.2) is 10.1 Å². The Balaban J connectivity index is 2.84. The highest BCUT2D eigenvalue weighted by Gasteiger charge is 2.02. The van der Waals surface area contributed by atoms with Gasteiger partial charge in [-0.3, -0.25) is 4.98 Å². The monoisotopic (exact) mass is 174 g/mol. The van der Waals surface area contributed by atoms with Crippen molar-refractivity contribution >= 4 is 10.8 Å². The minimum atomic E-state index is 0.250. The van der Waals surface area contributed by atoms with Gasteiger partial charge in [0, 0.05) is 24.3 Å². The molecule has 0 aliphatic carbocycles. The molecule has 13 heavy (non-hydrogen) atoms. The summed E-state index contributed by atoms with van der Waals surface area (Å²) < 4.78 is 0. The molecule has 0 bridgehead atoms. The normalized spacial score (nSPS) is 10.5. The van der Waals surface area contributed by atoms with E-state index in [1.54, 1.807) is 18.5 Å². The van der Waals surface area contributed by atoms with E-state index in [-0.39, 0.29) is 5.75 Å². The first-order valence-corrected chi connectivity index (χ1v) is 4.07. The number of nitrogens with two attached hydrogens (primary N) is 1. The summed E-state index contributed by atoms with van der Waals surface area (Å²) in [5, 5.41) is 11.2. The number of phenols is 1. The third-order valence-corrected chi connectivity index (χ3v) is 2.11. The second-order valence-corrected chi connectivity index (χ2v) is 2.87. The molecule has 3 heteroatoms. The van der Waals surface area contributed by atoms with Gasteiger partial charge in [-0.2, -0.15) is 0 Å². The van der Waals surface area contributed by atoms with Crippen LogP contribution in [0, 0.1) is 0 Å². The Kier molecular flexibility index (Phi) is 1.87. The van der Waals surface area contributed by atoms with Crippen molar-refractivity contribution in [3.63, 3.8) is 0 Å². The van der Waals surface area contributed by atoms with E-state index in [0.717, 1.165) is 16.3 Å². The third-order valence-electron chi connectivity index (χ3n) is 2.11. The first-order valence-electron chi connectivity index (χ1n) is 4.07. The highest BCUT2D eigenvalue weighted by Crippen LogP contribution is 2.25. The number of phenolic OH excluding ortho intramolecular Hbond substituents is 1. The van der Waals surface area contributed by atoms with Gasteiger partial charge in [0.2, 0.25) is 0 Å². The zero-order chi connectivity index (χ0) is 9.26. The van der Waals surface area contributed by atoms with Crippen molar-refractivity contribution in [2.45, 2.75) is 6.54 Å². The second kappa shape index (κ2) is 3.03. The fourth-order valence-electron chi connectivity index (χ4n) is 1.42. The molecule has 0 aliphatic rings. The first kappa shape index (κ1) is 8.01. The van der Waals surface area contributed by atoms with Crippen LogP contribution in [0.1, 0.15) is 5.56 Å². The molecule has 0 saturated heterocycles. The van der Waals surface area contributed by atoms with Crippen molar-refractivity contribution in [3.05, 3.63) is 36.2 Å². The summed E-state index contributed by atoms with van der Waals surface area (Å²) in [6.07, 6.45) is 3.34. The van der Waals surface area contributed by atoms with Crippen LogP contribution in [0.25, 0.3) is 10.8 Å². The van der Waals surface area contributed by atoms with Crippen molar-refractivity contribution in [1.82, 2.24) is 4.98 Å². The number of nitrogens with zero attached hydrogens (tertiary/aromatic N) is 1. The molecule has 0 spiro atoms. The van der Waals surface area contributed by atoms with Crippen LogP contribution in [0.15, 0.2) is 30.6 Å². The number of rotatable bonds is 1. The number of hydrogen-bond acceptors (Lipinski definition) is 3. The molecule has 0 radical (unpaired) electrons. The smallest absolute Gasteiger partial charge is 0.124 e. The summed E-state index contributed by atoms with van der Waals surface area (Å²) in [6, 6.07) is 5.33. The summed E-state index contributed by atoms with van der Waals surface area (Å²) in [6.45, 7) is 0.473. The van der Waals surface area contributed by atoms with Crippen LogP contribution >= 0.6 is 0 Å². The number of aromatic nitrogens is 1. The lowest BCUT2D eigenvalue weighted by Gasteiger charge is -2.04. The Hall–Kier alpha value is -1.61. The van der Waals surface area contributed by atoms with Crippen LogP contribution in [-0.2, 0) is 6.54 Å². The maximum atomic E-state index is 9.51. The van der Waals surface area contributed by atoms with Crippen LogP contribution in [0.4, 0.5) is 0 Å². The summed E-state index contributed by atoms with van der Waals surface area (Å²) in [5.41, 5.74) is 6.59. The Bertz CT molecular complexity index is 440. The Morgan fingerprint density at radius 1 is 1.23 bits per heavy atom. The Morgan fingerprint density at radius 3 is 2.85 bits per heavy atom. The molecule has 0 fully saturated rings. The Labute approximate surface area is 75.8 Å². The maximum absolute atomic E-state index is 9.51. The number of aromatic hydroxyl groups is 1. The van der Waals surface area contributed by atoms with E-state index in [4.69, 9.17) is 5.73 Å². The topological polar surface area (TPSA) is 59.1 Å². The fraction of sp³-hybridized carbons (Fsp3) is 0.100. The summed E-state index contributed by atoms with van der Waals surface area (Å²) in [7, 11) is 0. The zero-order valence-corrected chi connectivity index (χ0v) is 7.07. The molecule has 66 valence electrons. The number of pyridine rings is 1. The SMILES string of the molecule is NCc1ccc(O)c2cnccc12. The third kappa shape index (κ3) is 1.23. The van der Waals surface area contributed by atoms with Crippen LogP contribution in [0.5, 0.6) is 5.75 Å². The van der Waals surface area contributed by atoms with E-state index in [9.17, 15) is 5.11 Å². The van der Waals surface area contributed by atoms with E-state index in [1.165, 1.54) is 0 Å². The van der Waals surface area contributed by atoms with Gasteiger partial charge in [0.25, 0.3) is 0 Å². The number of benzene rings is 1. The van der Waals surface area contributed by atoms with Gasteiger partial charge in [0.1, 0.15) is 5.75 Å². The quantitative estimate of drug-likeness (QED) is 0.687. The van der Waals surface area contributed by atoms with Crippen LogP contribution in [0.2, 0.25) is 0 Å². The highest BCUT2D eigenvalue weighted by atomic mass is 16.3. The molecule has 1 heterocycles. The molecule has 0 unspecified atom stereocenters. The van der Waals surface area contributed by atoms with Gasteiger partial charge in [-0.1, -0.05) is 6.07 Å². The standard InChI is InChI=1S/C10H10N2O/c11-5-7-1-2-10(13)9-6-12-4-3-8(7)9/h1-4,6,13H,5,11H2. The Morgan fingerprint density at radius 2 is 2.08 bits per heavy atom. The molecule has 0 amide bonds. The van der Waals surface area contributed by atoms with E-state index < -0.39 is 0 Å². The van der Waals surface area contributed by atoms with Gasteiger partial charge in [-0.15, -0.1) is 0 Å². The molecule has 0 atom stereocenters. The number of hydrogen-bond donors (Lipinski definition) is 2. The lowest BCUT2D eigenvalue weighted by Crippen LogP contribution is -1.97. The minimum absolute atomic E-state index is 0.250. The molecule has 0 saturated carbocycles. The lowest BCUT2D eigenvalue weighted by atomic mass is 10.1. The maximum Gasteiger partial charge on any atom is 0.124 e. The van der Waals surface area contributed by atoms with Gasteiger partial charge in [0.15, 0.2) is 0 Å². The molecule has 2 rings (SSSR count). The summed E-state index contributed by atoms with van der Waals surface area (Å²) in [5.74, 6) is 0.250. The van der Waals surface area contributed by atoms with Crippen LogP contribution in [0.3, 0.4) is 0 Å². The van der Waals surface area contributed by atoms with Gasteiger partial charge in [-0.05, 0) is 23.1 Å². The van der Waals surface area contributed by atoms with Gasteiger partial charge in [-0.25, -0.2) is 0 Å². The highest BCUT2D eigenvalue weighted by molar-refractivity contribution is 5.89. The average molecular weight is 174 g/mol. The molecule has 3 N–H and O–H groups in total. The van der Waals surface area contributed by atoms with Gasteiger partial charge in [0.05, 0.1) is 0 Å².